The number of ether oxygens (including phenoxy) is 1. The van der Waals surface area contributed by atoms with Gasteiger partial charge in [0.05, 0.1) is 5.60 Å². The van der Waals surface area contributed by atoms with Crippen molar-refractivity contribution in [3.63, 3.8) is 0 Å². The SMILES string of the molecule is Cc1ccc(CN2CC(C)(OCC(=O)O)C2)cc1. The number of carbonyl (C=O) groups is 1. The Bertz CT molecular complexity index is 421. The highest BCUT2D eigenvalue weighted by Gasteiger charge is 2.39. The van der Waals surface area contributed by atoms with Crippen LogP contribution in [0.15, 0.2) is 24.3 Å². The predicted molar refractivity (Wildman–Crippen MR) is 68.4 cm³/mol. The lowest BCUT2D eigenvalue weighted by atomic mass is 9.95. The van der Waals surface area contributed by atoms with Crippen LogP contribution in [0.1, 0.15) is 18.1 Å². The first kappa shape index (κ1) is 13.1. The number of carboxylic acids is 1. The maximum absolute atomic E-state index is 10.5. The molecule has 0 bridgehead atoms. The Morgan fingerprint density at radius 3 is 2.56 bits per heavy atom. The van der Waals surface area contributed by atoms with E-state index in [4.69, 9.17) is 9.84 Å². The number of carboxylic acid groups (broad SMARTS) is 1. The second kappa shape index (κ2) is 5.08. The van der Waals surface area contributed by atoms with Gasteiger partial charge in [0.2, 0.25) is 0 Å². The molecule has 1 fully saturated rings. The highest BCUT2D eigenvalue weighted by molar-refractivity contribution is 5.68. The van der Waals surface area contributed by atoms with Gasteiger partial charge in [-0.3, -0.25) is 4.90 Å². The van der Waals surface area contributed by atoms with Crippen LogP contribution in [0, 0.1) is 6.92 Å². The summed E-state index contributed by atoms with van der Waals surface area (Å²) in [5.74, 6) is -0.909. The highest BCUT2D eigenvalue weighted by Crippen LogP contribution is 2.26. The van der Waals surface area contributed by atoms with Gasteiger partial charge >= 0.3 is 5.97 Å². The van der Waals surface area contributed by atoms with Gasteiger partial charge in [-0.05, 0) is 19.4 Å². The van der Waals surface area contributed by atoms with Gasteiger partial charge in [-0.25, -0.2) is 4.79 Å². The molecule has 4 heteroatoms. The van der Waals surface area contributed by atoms with E-state index in [1.807, 2.05) is 6.92 Å². The monoisotopic (exact) mass is 249 g/mol. The smallest absolute Gasteiger partial charge is 0.329 e. The van der Waals surface area contributed by atoms with Crippen molar-refractivity contribution in [1.82, 2.24) is 4.90 Å². The molecule has 2 rings (SSSR count). The molecule has 18 heavy (non-hydrogen) atoms. The van der Waals surface area contributed by atoms with E-state index in [2.05, 4.69) is 36.1 Å². The molecule has 1 aliphatic heterocycles. The van der Waals surface area contributed by atoms with Crippen molar-refractivity contribution in [1.29, 1.82) is 0 Å². The number of hydrogen-bond donors (Lipinski definition) is 1. The molecular formula is C14H19NO3. The normalized spacial score (nSPS) is 18.3. The van der Waals surface area contributed by atoms with Crippen molar-refractivity contribution in [2.75, 3.05) is 19.7 Å². The van der Waals surface area contributed by atoms with Gasteiger partial charge in [-0.2, -0.15) is 0 Å². The Morgan fingerprint density at radius 1 is 1.39 bits per heavy atom. The number of aliphatic carboxylic acids is 1. The predicted octanol–water partition coefficient (Wildman–Crippen LogP) is 1.67. The molecule has 0 atom stereocenters. The zero-order valence-electron chi connectivity index (χ0n) is 10.8. The first-order valence-electron chi connectivity index (χ1n) is 6.10. The topological polar surface area (TPSA) is 49.8 Å². The van der Waals surface area contributed by atoms with E-state index in [-0.39, 0.29) is 12.2 Å². The largest absolute Gasteiger partial charge is 0.480 e. The van der Waals surface area contributed by atoms with Gasteiger partial charge in [-0.1, -0.05) is 29.8 Å². The van der Waals surface area contributed by atoms with Crippen molar-refractivity contribution in [3.05, 3.63) is 35.4 Å². The third-order valence-corrected chi connectivity index (χ3v) is 3.19. The lowest BCUT2D eigenvalue weighted by Gasteiger charge is -2.47. The van der Waals surface area contributed by atoms with Crippen LogP contribution in [0.5, 0.6) is 0 Å². The van der Waals surface area contributed by atoms with E-state index in [0.29, 0.717) is 0 Å². The van der Waals surface area contributed by atoms with Crippen LogP contribution in [-0.4, -0.2) is 41.3 Å². The molecule has 0 aromatic heterocycles. The zero-order valence-corrected chi connectivity index (χ0v) is 10.8. The molecule has 0 saturated carbocycles. The van der Waals surface area contributed by atoms with Crippen LogP contribution in [0.4, 0.5) is 0 Å². The lowest BCUT2D eigenvalue weighted by molar-refractivity contribution is -0.165. The molecular weight excluding hydrogens is 230 g/mol. The van der Waals surface area contributed by atoms with Crippen molar-refractivity contribution in [3.8, 4) is 0 Å². The third kappa shape index (κ3) is 3.31. The first-order chi connectivity index (χ1) is 8.47. The molecule has 1 aromatic carbocycles. The van der Waals surface area contributed by atoms with Gasteiger partial charge in [0.25, 0.3) is 0 Å². The summed E-state index contributed by atoms with van der Waals surface area (Å²) in [6, 6.07) is 8.47. The molecule has 1 aliphatic rings. The van der Waals surface area contributed by atoms with E-state index >= 15 is 0 Å². The number of likely N-dealkylation sites (tertiary alicyclic amines) is 1. The summed E-state index contributed by atoms with van der Waals surface area (Å²) in [7, 11) is 0. The second-order valence-corrected chi connectivity index (χ2v) is 5.26. The van der Waals surface area contributed by atoms with E-state index in [9.17, 15) is 4.79 Å². The Kier molecular flexibility index (Phi) is 3.68. The maximum atomic E-state index is 10.5. The summed E-state index contributed by atoms with van der Waals surface area (Å²) in [5, 5.41) is 8.58. The number of nitrogens with zero attached hydrogens (tertiary/aromatic N) is 1. The minimum atomic E-state index is -0.909. The molecule has 0 amide bonds. The van der Waals surface area contributed by atoms with E-state index in [1.165, 1.54) is 11.1 Å². The van der Waals surface area contributed by atoms with Gasteiger partial charge in [0, 0.05) is 19.6 Å². The molecule has 4 nitrogen and oxygen atoms in total. The number of aryl methyl sites for hydroxylation is 1. The van der Waals surface area contributed by atoms with Crippen LogP contribution in [0.2, 0.25) is 0 Å². The fourth-order valence-corrected chi connectivity index (χ4v) is 2.29. The van der Waals surface area contributed by atoms with Crippen LogP contribution in [-0.2, 0) is 16.1 Å². The molecule has 0 radical (unpaired) electrons. The summed E-state index contributed by atoms with van der Waals surface area (Å²) in [4.78, 5) is 12.7. The number of hydrogen-bond acceptors (Lipinski definition) is 3. The maximum Gasteiger partial charge on any atom is 0.329 e. The fourth-order valence-electron chi connectivity index (χ4n) is 2.29. The summed E-state index contributed by atoms with van der Waals surface area (Å²) in [6.07, 6.45) is 0. The summed E-state index contributed by atoms with van der Waals surface area (Å²) in [5.41, 5.74) is 2.24. The Labute approximate surface area is 107 Å². The zero-order chi connectivity index (χ0) is 13.2. The van der Waals surface area contributed by atoms with Gasteiger partial charge < -0.3 is 9.84 Å². The molecule has 1 saturated heterocycles. The standard InChI is InChI=1S/C14H19NO3/c1-11-3-5-12(6-4-11)7-15-9-14(2,10-15)18-8-13(16)17/h3-6H,7-10H2,1-2H3,(H,16,17). The van der Waals surface area contributed by atoms with Crippen molar-refractivity contribution < 1.29 is 14.6 Å². The Morgan fingerprint density at radius 2 is 2.00 bits per heavy atom. The van der Waals surface area contributed by atoms with Gasteiger partial charge in [-0.15, -0.1) is 0 Å². The van der Waals surface area contributed by atoms with Crippen molar-refractivity contribution >= 4 is 5.97 Å². The minimum Gasteiger partial charge on any atom is -0.480 e. The number of rotatable bonds is 5. The molecule has 1 heterocycles. The van der Waals surface area contributed by atoms with E-state index in [0.717, 1.165) is 19.6 Å². The van der Waals surface area contributed by atoms with Crippen LogP contribution >= 0.6 is 0 Å². The lowest BCUT2D eigenvalue weighted by Crippen LogP contribution is -2.61. The average Bonchev–Trinajstić information content (AvgIpc) is 2.27. The third-order valence-electron chi connectivity index (χ3n) is 3.19. The number of benzene rings is 1. The molecule has 0 unspecified atom stereocenters. The molecule has 1 aromatic rings. The second-order valence-electron chi connectivity index (χ2n) is 5.26. The van der Waals surface area contributed by atoms with Gasteiger partial charge in [0.15, 0.2) is 0 Å². The van der Waals surface area contributed by atoms with Gasteiger partial charge in [0.1, 0.15) is 6.61 Å². The summed E-state index contributed by atoms with van der Waals surface area (Å²) < 4.78 is 5.37. The minimum absolute atomic E-state index is 0.213. The van der Waals surface area contributed by atoms with Crippen LogP contribution in [0.25, 0.3) is 0 Å². The molecule has 1 N–H and O–H groups in total. The van der Waals surface area contributed by atoms with Crippen molar-refractivity contribution in [2.24, 2.45) is 0 Å². The fraction of sp³-hybridized carbons (Fsp3) is 0.500. The van der Waals surface area contributed by atoms with E-state index < -0.39 is 5.97 Å². The van der Waals surface area contributed by atoms with Crippen molar-refractivity contribution in [2.45, 2.75) is 26.0 Å². The molecule has 98 valence electrons. The molecule has 0 aliphatic carbocycles. The average molecular weight is 249 g/mol. The van der Waals surface area contributed by atoms with Crippen LogP contribution < -0.4 is 0 Å². The first-order valence-corrected chi connectivity index (χ1v) is 6.10. The highest BCUT2D eigenvalue weighted by atomic mass is 16.5. The summed E-state index contributed by atoms with van der Waals surface area (Å²) in [6.45, 7) is 6.29. The Balaban J connectivity index is 1.78. The van der Waals surface area contributed by atoms with Crippen LogP contribution in [0.3, 0.4) is 0 Å². The summed E-state index contributed by atoms with van der Waals surface area (Å²) >= 11 is 0. The molecule has 0 spiro atoms. The quantitative estimate of drug-likeness (QED) is 0.862. The Hall–Kier alpha value is -1.39. The van der Waals surface area contributed by atoms with E-state index in [1.54, 1.807) is 0 Å².